The summed E-state index contributed by atoms with van der Waals surface area (Å²) in [6, 6.07) is 3.63. The number of anilines is 1. The van der Waals surface area contributed by atoms with E-state index in [1.165, 1.54) is 16.4 Å². The molecule has 0 spiro atoms. The molecule has 7 nitrogen and oxygen atoms in total. The minimum atomic E-state index is -3.69. The van der Waals surface area contributed by atoms with Crippen molar-refractivity contribution in [1.82, 2.24) is 4.31 Å². The molecule has 21 heavy (non-hydrogen) atoms. The molecule has 1 heterocycles. The van der Waals surface area contributed by atoms with Crippen LogP contribution in [0.1, 0.15) is 26.2 Å². The van der Waals surface area contributed by atoms with Gasteiger partial charge in [-0.2, -0.15) is 4.31 Å². The van der Waals surface area contributed by atoms with Crippen LogP contribution in [-0.2, 0) is 10.0 Å². The minimum absolute atomic E-state index is 0.0383. The highest BCUT2D eigenvalue weighted by Crippen LogP contribution is 2.29. The summed E-state index contributed by atoms with van der Waals surface area (Å²) in [4.78, 5) is 10.1. The number of benzene rings is 1. The van der Waals surface area contributed by atoms with Gasteiger partial charge in [0, 0.05) is 19.2 Å². The van der Waals surface area contributed by atoms with Crippen molar-refractivity contribution in [2.24, 2.45) is 5.92 Å². The first-order chi connectivity index (χ1) is 9.86. The zero-order valence-corrected chi connectivity index (χ0v) is 12.7. The Hall–Kier alpha value is -1.67. The summed E-state index contributed by atoms with van der Waals surface area (Å²) in [5.41, 5.74) is 5.08. The minimum Gasteiger partial charge on any atom is -0.393 e. The van der Waals surface area contributed by atoms with E-state index in [-0.39, 0.29) is 16.3 Å². The fraction of sp³-hybridized carbons (Fsp3) is 0.538. The molecule has 1 aliphatic heterocycles. The fourth-order valence-electron chi connectivity index (χ4n) is 2.55. The predicted molar refractivity (Wildman–Crippen MR) is 79.3 cm³/mol. The van der Waals surface area contributed by atoms with E-state index >= 15 is 0 Å². The molecule has 0 radical (unpaired) electrons. The van der Waals surface area contributed by atoms with E-state index in [0.29, 0.717) is 19.0 Å². The van der Waals surface area contributed by atoms with Crippen LogP contribution in [0, 0.1) is 16.0 Å². The number of rotatable bonds is 4. The van der Waals surface area contributed by atoms with E-state index in [9.17, 15) is 18.5 Å². The fourth-order valence-corrected chi connectivity index (χ4v) is 4.04. The Bertz CT molecular complexity index is 637. The van der Waals surface area contributed by atoms with E-state index in [1.54, 1.807) is 0 Å². The van der Waals surface area contributed by atoms with Crippen LogP contribution in [0.4, 0.5) is 11.4 Å². The molecule has 1 aromatic carbocycles. The van der Waals surface area contributed by atoms with E-state index in [4.69, 9.17) is 5.73 Å². The molecule has 0 amide bonds. The molecule has 1 fully saturated rings. The molecule has 0 aromatic heterocycles. The molecule has 1 saturated heterocycles. The lowest BCUT2D eigenvalue weighted by Crippen LogP contribution is -2.38. The van der Waals surface area contributed by atoms with Crippen molar-refractivity contribution in [3.05, 3.63) is 28.3 Å². The summed E-state index contributed by atoms with van der Waals surface area (Å²) in [7, 11) is -3.69. The third-order valence-electron chi connectivity index (χ3n) is 3.99. The second kappa shape index (κ2) is 5.98. The van der Waals surface area contributed by atoms with Gasteiger partial charge in [0.05, 0.1) is 9.82 Å². The van der Waals surface area contributed by atoms with Crippen molar-refractivity contribution in [3.63, 3.8) is 0 Å². The number of nitrogen functional groups attached to an aromatic ring is 1. The Morgan fingerprint density at radius 3 is 2.52 bits per heavy atom. The van der Waals surface area contributed by atoms with Crippen molar-refractivity contribution in [3.8, 4) is 0 Å². The summed E-state index contributed by atoms with van der Waals surface area (Å²) >= 11 is 0. The third-order valence-corrected chi connectivity index (χ3v) is 5.88. The smallest absolute Gasteiger partial charge is 0.293 e. The summed E-state index contributed by atoms with van der Waals surface area (Å²) in [6.07, 6.45) is 2.70. The SMILES string of the molecule is CCC1CCN(S(=O)(=O)c2ccc(N)c([N+](=O)[O-])c2)CC1. The molecule has 0 atom stereocenters. The van der Waals surface area contributed by atoms with Crippen LogP contribution in [0.2, 0.25) is 0 Å². The van der Waals surface area contributed by atoms with Gasteiger partial charge in [0.2, 0.25) is 10.0 Å². The average molecular weight is 313 g/mol. The zero-order valence-electron chi connectivity index (χ0n) is 11.9. The van der Waals surface area contributed by atoms with Crippen LogP contribution < -0.4 is 5.73 Å². The topological polar surface area (TPSA) is 107 Å². The lowest BCUT2D eigenvalue weighted by Gasteiger charge is -2.30. The molecule has 1 aromatic rings. The number of nitro groups is 1. The highest BCUT2D eigenvalue weighted by molar-refractivity contribution is 7.89. The molecular weight excluding hydrogens is 294 g/mol. The Kier molecular flexibility index (Phi) is 4.48. The molecule has 2 rings (SSSR count). The predicted octanol–water partition coefficient (Wildman–Crippen LogP) is 1.99. The quantitative estimate of drug-likeness (QED) is 0.519. The first-order valence-electron chi connectivity index (χ1n) is 6.90. The maximum absolute atomic E-state index is 12.5. The van der Waals surface area contributed by atoms with Crippen LogP contribution in [-0.4, -0.2) is 30.7 Å². The number of hydrogen-bond acceptors (Lipinski definition) is 5. The van der Waals surface area contributed by atoms with Crippen LogP contribution in [0.25, 0.3) is 0 Å². The van der Waals surface area contributed by atoms with Gasteiger partial charge in [0.15, 0.2) is 0 Å². The van der Waals surface area contributed by atoms with Gasteiger partial charge < -0.3 is 5.73 Å². The summed E-state index contributed by atoms with van der Waals surface area (Å²) < 4.78 is 26.5. The van der Waals surface area contributed by atoms with Crippen molar-refractivity contribution in [2.75, 3.05) is 18.8 Å². The number of hydrogen-bond donors (Lipinski definition) is 1. The van der Waals surface area contributed by atoms with Gasteiger partial charge in [0.25, 0.3) is 5.69 Å². The van der Waals surface area contributed by atoms with Gasteiger partial charge in [-0.3, -0.25) is 10.1 Å². The van der Waals surface area contributed by atoms with E-state index in [1.807, 2.05) is 0 Å². The normalized spacial score (nSPS) is 17.8. The van der Waals surface area contributed by atoms with E-state index < -0.39 is 14.9 Å². The average Bonchev–Trinajstić information content (AvgIpc) is 2.47. The molecule has 0 aliphatic carbocycles. The van der Waals surface area contributed by atoms with Crippen LogP contribution >= 0.6 is 0 Å². The summed E-state index contributed by atoms with van der Waals surface area (Å²) in [6.45, 7) is 3.01. The Labute approximate surface area is 123 Å². The number of piperidine rings is 1. The first kappa shape index (κ1) is 15.7. The van der Waals surface area contributed by atoms with Crippen LogP contribution in [0.15, 0.2) is 23.1 Å². The molecule has 0 saturated carbocycles. The molecule has 8 heteroatoms. The van der Waals surface area contributed by atoms with E-state index in [0.717, 1.165) is 25.3 Å². The third kappa shape index (κ3) is 3.16. The van der Waals surface area contributed by atoms with Gasteiger partial charge in [0.1, 0.15) is 5.69 Å². The van der Waals surface area contributed by atoms with Crippen LogP contribution in [0.3, 0.4) is 0 Å². The highest BCUT2D eigenvalue weighted by atomic mass is 32.2. The summed E-state index contributed by atoms with van der Waals surface area (Å²) in [5, 5.41) is 10.9. The van der Waals surface area contributed by atoms with Gasteiger partial charge in [-0.15, -0.1) is 0 Å². The molecule has 116 valence electrons. The standard InChI is InChI=1S/C13H19N3O4S/c1-2-10-5-7-15(8-6-10)21(19,20)11-3-4-12(14)13(9-11)16(17)18/h3-4,9-10H,2,5-8,14H2,1H3. The molecule has 1 aliphatic rings. The van der Waals surface area contributed by atoms with Gasteiger partial charge in [-0.05, 0) is 30.9 Å². The number of sulfonamides is 1. The first-order valence-corrected chi connectivity index (χ1v) is 8.34. The van der Waals surface area contributed by atoms with Crippen molar-refractivity contribution >= 4 is 21.4 Å². The number of nitro benzene ring substituents is 1. The molecule has 2 N–H and O–H groups in total. The Balaban J connectivity index is 2.28. The Morgan fingerprint density at radius 2 is 2.00 bits per heavy atom. The molecule has 0 unspecified atom stereocenters. The van der Waals surface area contributed by atoms with Crippen molar-refractivity contribution in [1.29, 1.82) is 0 Å². The van der Waals surface area contributed by atoms with Gasteiger partial charge in [-0.25, -0.2) is 8.42 Å². The maximum atomic E-state index is 12.5. The molecule has 0 bridgehead atoms. The van der Waals surface area contributed by atoms with Crippen molar-refractivity contribution < 1.29 is 13.3 Å². The maximum Gasteiger partial charge on any atom is 0.293 e. The van der Waals surface area contributed by atoms with Gasteiger partial charge >= 0.3 is 0 Å². The second-order valence-electron chi connectivity index (χ2n) is 5.23. The lowest BCUT2D eigenvalue weighted by atomic mass is 9.96. The second-order valence-corrected chi connectivity index (χ2v) is 7.17. The molecular formula is C13H19N3O4S. The summed E-state index contributed by atoms with van der Waals surface area (Å²) in [5.74, 6) is 0.553. The number of nitrogens with zero attached hydrogens (tertiary/aromatic N) is 2. The monoisotopic (exact) mass is 313 g/mol. The zero-order chi connectivity index (χ0) is 15.6. The highest BCUT2D eigenvalue weighted by Gasteiger charge is 2.30. The van der Waals surface area contributed by atoms with Gasteiger partial charge in [-0.1, -0.05) is 13.3 Å². The van der Waals surface area contributed by atoms with E-state index in [2.05, 4.69) is 6.92 Å². The van der Waals surface area contributed by atoms with Crippen LogP contribution in [0.5, 0.6) is 0 Å². The Morgan fingerprint density at radius 1 is 1.38 bits per heavy atom. The lowest BCUT2D eigenvalue weighted by molar-refractivity contribution is -0.384. The number of nitrogens with two attached hydrogens (primary N) is 1. The largest absolute Gasteiger partial charge is 0.393 e. The van der Waals surface area contributed by atoms with Crippen molar-refractivity contribution in [2.45, 2.75) is 31.1 Å².